The van der Waals surface area contributed by atoms with Crippen LogP contribution in [-0.2, 0) is 0 Å². The molecule has 0 saturated heterocycles. The van der Waals surface area contributed by atoms with Crippen LogP contribution in [-0.4, -0.2) is 60.1 Å². The van der Waals surface area contributed by atoms with Crippen LogP contribution in [0.1, 0.15) is 0 Å². The number of nitrogens with one attached hydrogen (secondary N) is 1. The zero-order valence-electron chi connectivity index (χ0n) is 12.1. The lowest BCUT2D eigenvalue weighted by Crippen LogP contribution is -2.72. The Morgan fingerprint density at radius 1 is 0.731 bits per heavy atom. The van der Waals surface area contributed by atoms with Gasteiger partial charge in [0.15, 0.2) is 0 Å². The lowest BCUT2D eigenvalue weighted by molar-refractivity contribution is -0.444. The molecule has 0 saturated carbocycles. The Bertz CT molecular complexity index is 499. The van der Waals surface area contributed by atoms with Gasteiger partial charge < -0.3 is 10.4 Å². The third-order valence-corrected chi connectivity index (χ3v) is 3.00. The van der Waals surface area contributed by atoms with E-state index in [1.54, 1.807) is 5.32 Å². The molecule has 0 radical (unpaired) electrons. The highest BCUT2D eigenvalue weighted by Gasteiger charge is 2.91. The highest BCUT2D eigenvalue weighted by Crippen LogP contribution is 2.60. The molecule has 0 rings (SSSR count). The van der Waals surface area contributed by atoms with Gasteiger partial charge in [0.1, 0.15) is 6.10 Å². The van der Waals surface area contributed by atoms with Crippen LogP contribution in [0.5, 0.6) is 0 Å². The van der Waals surface area contributed by atoms with Gasteiger partial charge in [-0.05, 0) is 0 Å². The van der Waals surface area contributed by atoms with Gasteiger partial charge in [0.05, 0.1) is 0 Å². The molecule has 0 heterocycles. The summed E-state index contributed by atoms with van der Waals surface area (Å²) in [7, 11) is 0. The Morgan fingerprint density at radius 3 is 1.46 bits per heavy atom. The topological polar surface area (TPSA) is 32.3 Å². The van der Waals surface area contributed by atoms with E-state index >= 15 is 0 Å². The molecule has 0 aromatic heterocycles. The molecule has 26 heavy (non-hydrogen) atoms. The first-order chi connectivity index (χ1) is 11.2. The zero-order valence-corrected chi connectivity index (χ0v) is 12.1. The van der Waals surface area contributed by atoms with Gasteiger partial charge in [-0.25, -0.2) is 0 Å². The molecule has 0 aliphatic heterocycles. The van der Waals surface area contributed by atoms with Crippen LogP contribution in [0.15, 0.2) is 12.7 Å². The van der Waals surface area contributed by atoms with E-state index in [9.17, 15) is 57.1 Å². The van der Waals surface area contributed by atoms with Gasteiger partial charge >= 0.3 is 35.8 Å². The molecule has 0 aliphatic carbocycles. The molecule has 0 amide bonds. The number of hydrogen-bond acceptors (Lipinski definition) is 2. The quantitative estimate of drug-likeness (QED) is 0.338. The van der Waals surface area contributed by atoms with Gasteiger partial charge in [0.25, 0.3) is 0 Å². The Hall–Kier alpha value is -1.25. The summed E-state index contributed by atoms with van der Waals surface area (Å²) in [6, 6.07) is 0. The summed E-state index contributed by atoms with van der Waals surface area (Å²) in [5.74, 6) is -37.7. The fraction of sp³-hybridized carbons (Fsp3) is 0.818. The Balaban J connectivity index is 6.03. The van der Waals surface area contributed by atoms with Crippen LogP contribution in [0.3, 0.4) is 0 Å². The number of hydrogen-bond donors (Lipinski definition) is 2. The molecule has 2 nitrogen and oxygen atoms in total. The van der Waals surface area contributed by atoms with Gasteiger partial charge in [0.2, 0.25) is 0 Å². The third-order valence-electron chi connectivity index (χ3n) is 3.00. The number of alkyl halides is 13. The van der Waals surface area contributed by atoms with Crippen LogP contribution < -0.4 is 5.32 Å². The normalized spacial score (nSPS) is 16.5. The van der Waals surface area contributed by atoms with Crippen molar-refractivity contribution in [1.29, 1.82) is 0 Å². The maximum atomic E-state index is 13.3. The summed E-state index contributed by atoms with van der Waals surface area (Å²) in [4.78, 5) is 0. The Labute approximate surface area is 136 Å². The van der Waals surface area contributed by atoms with E-state index in [-0.39, 0.29) is 0 Å². The third kappa shape index (κ3) is 3.59. The monoisotopic (exact) mass is 419 g/mol. The van der Waals surface area contributed by atoms with Gasteiger partial charge in [-0.1, -0.05) is 6.08 Å². The van der Waals surface area contributed by atoms with E-state index in [4.69, 9.17) is 5.11 Å². The molecule has 2 N–H and O–H groups in total. The first-order valence-corrected chi connectivity index (χ1v) is 6.19. The predicted molar refractivity (Wildman–Crippen MR) is 59.9 cm³/mol. The summed E-state index contributed by atoms with van der Waals surface area (Å²) < 4.78 is 166. The molecule has 0 fully saturated rings. The van der Waals surface area contributed by atoms with Crippen molar-refractivity contribution < 1.29 is 62.2 Å². The van der Waals surface area contributed by atoms with Crippen molar-refractivity contribution in [3.8, 4) is 0 Å². The highest BCUT2D eigenvalue weighted by molar-refractivity contribution is 5.11. The van der Waals surface area contributed by atoms with Crippen LogP contribution in [0.2, 0.25) is 0 Å². The fourth-order valence-electron chi connectivity index (χ4n) is 1.44. The smallest absolute Gasteiger partial charge is 0.385 e. The summed E-state index contributed by atoms with van der Waals surface area (Å²) in [6.07, 6.45) is -10.4. The second kappa shape index (κ2) is 7.05. The second-order valence-corrected chi connectivity index (χ2v) is 4.88. The summed E-state index contributed by atoms with van der Waals surface area (Å²) in [6.45, 7) is 0.907. The summed E-state index contributed by atoms with van der Waals surface area (Å²) in [5.41, 5.74) is 0. The van der Waals surface area contributed by atoms with Gasteiger partial charge in [0, 0.05) is 13.1 Å². The maximum Gasteiger partial charge on any atom is 0.460 e. The lowest BCUT2D eigenvalue weighted by Gasteiger charge is -2.40. The molecule has 0 aliphatic rings. The number of aliphatic hydroxyl groups is 1. The minimum absolute atomic E-state index is 0.461. The Morgan fingerprint density at radius 2 is 1.12 bits per heavy atom. The largest absolute Gasteiger partial charge is 0.460 e. The zero-order chi connectivity index (χ0) is 21.4. The van der Waals surface area contributed by atoms with E-state index in [1.165, 1.54) is 0 Å². The molecule has 156 valence electrons. The molecule has 15 heteroatoms. The van der Waals surface area contributed by atoms with E-state index in [0.29, 0.717) is 0 Å². The second-order valence-electron chi connectivity index (χ2n) is 4.88. The molecular weight excluding hydrogens is 409 g/mol. The van der Waals surface area contributed by atoms with Crippen molar-refractivity contribution >= 4 is 0 Å². The molecule has 1 atom stereocenters. The number of rotatable bonds is 9. The molecule has 0 aromatic rings. The van der Waals surface area contributed by atoms with Crippen LogP contribution in [0.25, 0.3) is 0 Å². The average molecular weight is 419 g/mol. The average Bonchev–Trinajstić information content (AvgIpc) is 2.45. The van der Waals surface area contributed by atoms with Crippen LogP contribution in [0, 0.1) is 0 Å². The Kier molecular flexibility index (Phi) is 6.71. The maximum absolute atomic E-state index is 13.3. The lowest BCUT2D eigenvalue weighted by atomic mass is 9.91. The first kappa shape index (κ1) is 24.8. The molecule has 1 unspecified atom stereocenters. The van der Waals surface area contributed by atoms with Crippen molar-refractivity contribution in [2.24, 2.45) is 0 Å². The molecule has 0 aromatic carbocycles. The predicted octanol–water partition coefficient (Wildman–Crippen LogP) is 3.86. The highest BCUT2D eigenvalue weighted by atomic mass is 19.4. The number of halogens is 13. The van der Waals surface area contributed by atoms with Crippen molar-refractivity contribution in [2.45, 2.75) is 41.9 Å². The molecular formula is C11H10F13NO. The molecule has 0 bridgehead atoms. The number of aliphatic hydroxyl groups excluding tert-OH is 1. The van der Waals surface area contributed by atoms with Gasteiger partial charge in [-0.3, -0.25) is 0 Å². The SMILES string of the molecule is C=CCNCC(O)C(F)(F)C(F)(F)C(F)(F)C(F)(F)C(F)(F)C(F)(F)F. The van der Waals surface area contributed by atoms with Gasteiger partial charge in [-0.15, -0.1) is 6.58 Å². The van der Waals surface area contributed by atoms with E-state index in [2.05, 4.69) is 6.58 Å². The standard InChI is InChI=1S/C11H10F13NO/c1-2-3-25-4-5(26)6(12,13)7(14,15)8(16,17)9(18,19)10(20,21)11(22,23)24/h2,5,25-26H,1,3-4H2. The fourth-order valence-corrected chi connectivity index (χ4v) is 1.44. The van der Waals surface area contributed by atoms with Crippen molar-refractivity contribution in [3.05, 3.63) is 12.7 Å². The van der Waals surface area contributed by atoms with E-state index in [1.807, 2.05) is 0 Å². The van der Waals surface area contributed by atoms with E-state index in [0.717, 1.165) is 6.08 Å². The van der Waals surface area contributed by atoms with Crippen molar-refractivity contribution in [3.63, 3.8) is 0 Å². The van der Waals surface area contributed by atoms with Crippen molar-refractivity contribution in [2.75, 3.05) is 13.1 Å². The summed E-state index contributed by atoms with van der Waals surface area (Å²) in [5, 5.41) is 10.5. The van der Waals surface area contributed by atoms with Crippen LogP contribution >= 0.6 is 0 Å². The van der Waals surface area contributed by atoms with E-state index < -0.39 is 55.0 Å². The minimum Gasteiger partial charge on any atom is -0.385 e. The van der Waals surface area contributed by atoms with Gasteiger partial charge in [-0.2, -0.15) is 57.1 Å². The summed E-state index contributed by atoms with van der Waals surface area (Å²) >= 11 is 0. The molecule has 0 spiro atoms. The minimum atomic E-state index is -7.97. The first-order valence-electron chi connectivity index (χ1n) is 6.19. The van der Waals surface area contributed by atoms with Crippen LogP contribution in [0.4, 0.5) is 57.1 Å². The van der Waals surface area contributed by atoms with Crippen molar-refractivity contribution in [1.82, 2.24) is 5.32 Å².